The average Bonchev–Trinajstić information content (AvgIpc) is 2.84. The lowest BCUT2D eigenvalue weighted by Gasteiger charge is -2.20. The van der Waals surface area contributed by atoms with Crippen LogP contribution in [-0.4, -0.2) is 21.0 Å². The number of carbonyl (C=O) groups is 1. The zero-order valence-corrected chi connectivity index (χ0v) is 14.8. The van der Waals surface area contributed by atoms with Gasteiger partial charge in [0.05, 0.1) is 11.7 Å². The third-order valence-electron chi connectivity index (χ3n) is 4.04. The first kappa shape index (κ1) is 16.2. The maximum Gasteiger partial charge on any atom is 0.262 e. The molecule has 0 saturated heterocycles. The summed E-state index contributed by atoms with van der Waals surface area (Å²) in [7, 11) is 0. The van der Waals surface area contributed by atoms with Crippen molar-refractivity contribution >= 4 is 27.5 Å². The predicted octanol–water partition coefficient (Wildman–Crippen LogP) is 2.64. The van der Waals surface area contributed by atoms with Gasteiger partial charge in [-0.25, -0.2) is 4.98 Å². The van der Waals surface area contributed by atoms with Gasteiger partial charge in [0.15, 0.2) is 0 Å². The van der Waals surface area contributed by atoms with Crippen LogP contribution in [0.5, 0.6) is 0 Å². The van der Waals surface area contributed by atoms with Crippen molar-refractivity contribution in [1.29, 1.82) is 0 Å². The van der Waals surface area contributed by atoms with Crippen molar-refractivity contribution in [2.75, 3.05) is 0 Å². The van der Waals surface area contributed by atoms with Crippen LogP contribution in [0.25, 0.3) is 10.2 Å². The maximum atomic E-state index is 12.8. The van der Waals surface area contributed by atoms with Crippen molar-refractivity contribution in [2.45, 2.75) is 65.0 Å². The van der Waals surface area contributed by atoms with E-state index in [9.17, 15) is 9.59 Å². The number of aromatic nitrogens is 2. The average molecular weight is 333 g/mol. The van der Waals surface area contributed by atoms with Gasteiger partial charge in [0, 0.05) is 23.4 Å². The fourth-order valence-electron chi connectivity index (χ4n) is 3.04. The summed E-state index contributed by atoms with van der Waals surface area (Å²) in [5.41, 5.74) is 0.941. The van der Waals surface area contributed by atoms with Gasteiger partial charge in [-0.3, -0.25) is 14.2 Å². The number of fused-ring (bicyclic) bond motifs is 3. The Hall–Kier alpha value is -1.69. The van der Waals surface area contributed by atoms with E-state index in [4.69, 9.17) is 0 Å². The fraction of sp³-hybridized carbons (Fsp3) is 0.588. The lowest BCUT2D eigenvalue weighted by Crippen LogP contribution is -2.41. The van der Waals surface area contributed by atoms with Crippen molar-refractivity contribution in [3.63, 3.8) is 0 Å². The van der Waals surface area contributed by atoms with E-state index in [1.807, 2.05) is 20.8 Å². The highest BCUT2D eigenvalue weighted by molar-refractivity contribution is 7.18. The number of hydrogen-bond donors (Lipinski definition) is 1. The van der Waals surface area contributed by atoms with Crippen molar-refractivity contribution in [3.8, 4) is 0 Å². The number of amides is 1. The largest absolute Gasteiger partial charge is 0.351 e. The molecule has 1 aliphatic carbocycles. The summed E-state index contributed by atoms with van der Waals surface area (Å²) < 4.78 is 1.58. The van der Waals surface area contributed by atoms with Crippen molar-refractivity contribution in [2.24, 2.45) is 0 Å². The Morgan fingerprint density at radius 1 is 1.35 bits per heavy atom. The highest BCUT2D eigenvalue weighted by Gasteiger charge is 2.20. The van der Waals surface area contributed by atoms with E-state index in [1.54, 1.807) is 22.2 Å². The zero-order valence-electron chi connectivity index (χ0n) is 13.9. The quantitative estimate of drug-likeness (QED) is 0.939. The van der Waals surface area contributed by atoms with Crippen molar-refractivity contribution in [3.05, 3.63) is 27.1 Å². The smallest absolute Gasteiger partial charge is 0.262 e. The number of hydrogen-bond acceptors (Lipinski definition) is 4. The summed E-state index contributed by atoms with van der Waals surface area (Å²) in [4.78, 5) is 31.3. The van der Waals surface area contributed by atoms with Crippen LogP contribution in [0.15, 0.2) is 11.1 Å². The first-order valence-corrected chi connectivity index (χ1v) is 8.97. The molecule has 0 saturated carbocycles. The van der Waals surface area contributed by atoms with Crippen LogP contribution < -0.4 is 10.9 Å². The van der Waals surface area contributed by atoms with Crippen LogP contribution in [0.2, 0.25) is 0 Å². The Kier molecular flexibility index (Phi) is 4.27. The molecule has 0 bridgehead atoms. The molecular weight excluding hydrogens is 310 g/mol. The number of nitrogens with zero attached hydrogens (tertiary/aromatic N) is 2. The number of thiophene rings is 1. The molecule has 0 atom stereocenters. The number of aryl methyl sites for hydroxylation is 3. The van der Waals surface area contributed by atoms with Gasteiger partial charge in [0.2, 0.25) is 5.91 Å². The van der Waals surface area contributed by atoms with Crippen LogP contribution in [0.1, 0.15) is 50.5 Å². The molecule has 2 heterocycles. The zero-order chi connectivity index (χ0) is 16.6. The van der Waals surface area contributed by atoms with E-state index in [-0.39, 0.29) is 23.4 Å². The van der Waals surface area contributed by atoms with E-state index in [0.717, 1.165) is 29.5 Å². The molecule has 0 radical (unpaired) electrons. The molecule has 5 nitrogen and oxygen atoms in total. The fourth-order valence-corrected chi connectivity index (χ4v) is 4.26. The predicted molar refractivity (Wildman–Crippen MR) is 93.0 cm³/mol. The van der Waals surface area contributed by atoms with Crippen LogP contribution in [0.4, 0.5) is 0 Å². The lowest BCUT2D eigenvalue weighted by atomic mass is 9.97. The Morgan fingerprint density at radius 2 is 2.09 bits per heavy atom. The SMILES string of the molecule is CC(C)(C)NC(=O)CCn1cnc2sc3c(c2c1=O)CCCC3. The molecule has 0 fully saturated rings. The minimum Gasteiger partial charge on any atom is -0.351 e. The molecule has 23 heavy (non-hydrogen) atoms. The van der Waals surface area contributed by atoms with Crippen LogP contribution in [-0.2, 0) is 24.2 Å². The first-order chi connectivity index (χ1) is 10.8. The third-order valence-corrected chi connectivity index (χ3v) is 5.24. The van der Waals surface area contributed by atoms with E-state index in [0.29, 0.717) is 6.54 Å². The van der Waals surface area contributed by atoms with Gasteiger partial charge in [-0.1, -0.05) is 0 Å². The minimum absolute atomic E-state index is 0.00189. The van der Waals surface area contributed by atoms with Gasteiger partial charge >= 0.3 is 0 Å². The summed E-state index contributed by atoms with van der Waals surface area (Å²) in [6, 6.07) is 0. The van der Waals surface area contributed by atoms with E-state index < -0.39 is 0 Å². The first-order valence-electron chi connectivity index (χ1n) is 8.16. The Labute approximate surface area is 139 Å². The van der Waals surface area contributed by atoms with Gasteiger partial charge < -0.3 is 5.32 Å². The minimum atomic E-state index is -0.253. The normalized spacial score (nSPS) is 14.7. The van der Waals surface area contributed by atoms with Crippen LogP contribution >= 0.6 is 11.3 Å². The summed E-state index contributed by atoms with van der Waals surface area (Å²) in [6.45, 7) is 6.21. The molecule has 124 valence electrons. The molecule has 0 aromatic carbocycles. The molecule has 2 aromatic rings. The Balaban J connectivity index is 1.84. The maximum absolute atomic E-state index is 12.8. The van der Waals surface area contributed by atoms with Gasteiger partial charge in [-0.15, -0.1) is 11.3 Å². The molecule has 3 rings (SSSR count). The summed E-state index contributed by atoms with van der Waals surface area (Å²) in [5, 5.41) is 3.70. The molecule has 1 N–H and O–H groups in total. The van der Waals surface area contributed by atoms with Crippen molar-refractivity contribution < 1.29 is 4.79 Å². The monoisotopic (exact) mass is 333 g/mol. The van der Waals surface area contributed by atoms with Gasteiger partial charge in [0.1, 0.15) is 4.83 Å². The molecule has 2 aromatic heterocycles. The van der Waals surface area contributed by atoms with E-state index in [2.05, 4.69) is 10.3 Å². The van der Waals surface area contributed by atoms with E-state index >= 15 is 0 Å². The molecule has 6 heteroatoms. The molecular formula is C17H23N3O2S. The lowest BCUT2D eigenvalue weighted by molar-refractivity contribution is -0.122. The molecule has 0 aliphatic heterocycles. The topological polar surface area (TPSA) is 64.0 Å². The van der Waals surface area contributed by atoms with Gasteiger partial charge in [-0.2, -0.15) is 0 Å². The Morgan fingerprint density at radius 3 is 2.83 bits per heavy atom. The third kappa shape index (κ3) is 3.47. The standard InChI is InChI=1S/C17H23N3O2S/c1-17(2,3)19-13(21)8-9-20-10-18-15-14(16(20)22)11-6-4-5-7-12(11)23-15/h10H,4-9H2,1-3H3,(H,19,21). The van der Waals surface area contributed by atoms with Crippen LogP contribution in [0, 0.1) is 0 Å². The molecule has 1 amide bonds. The van der Waals surface area contributed by atoms with Gasteiger partial charge in [0.25, 0.3) is 5.56 Å². The number of carbonyl (C=O) groups excluding carboxylic acids is 1. The molecule has 0 unspecified atom stereocenters. The second-order valence-corrected chi connectivity index (χ2v) is 8.27. The highest BCUT2D eigenvalue weighted by Crippen LogP contribution is 2.33. The Bertz CT molecular complexity index is 798. The van der Waals surface area contributed by atoms with Crippen LogP contribution in [0.3, 0.4) is 0 Å². The summed E-state index contributed by atoms with van der Waals surface area (Å²) in [6.07, 6.45) is 6.24. The highest BCUT2D eigenvalue weighted by atomic mass is 32.1. The second kappa shape index (κ2) is 6.07. The molecule has 0 spiro atoms. The number of rotatable bonds is 3. The second-order valence-electron chi connectivity index (χ2n) is 7.18. The summed E-state index contributed by atoms with van der Waals surface area (Å²) in [5.74, 6) is -0.0446. The number of nitrogens with one attached hydrogen (secondary N) is 1. The van der Waals surface area contributed by atoms with Gasteiger partial charge in [-0.05, 0) is 52.0 Å². The molecule has 1 aliphatic rings. The summed E-state index contributed by atoms with van der Waals surface area (Å²) >= 11 is 1.65. The van der Waals surface area contributed by atoms with E-state index in [1.165, 1.54) is 16.9 Å². The van der Waals surface area contributed by atoms with Crippen molar-refractivity contribution in [1.82, 2.24) is 14.9 Å².